The third-order valence-corrected chi connectivity index (χ3v) is 7.31. The molecule has 0 radical (unpaired) electrons. The molecular weight excluding hydrogens is 614 g/mol. The molecule has 1 heterocycles. The van der Waals surface area contributed by atoms with Gasteiger partial charge in [0.15, 0.2) is 0 Å². The number of hydrogen-bond donors (Lipinski definition) is 3. The predicted octanol–water partition coefficient (Wildman–Crippen LogP) is 8.32. The van der Waals surface area contributed by atoms with Gasteiger partial charge in [-0.25, -0.2) is 4.79 Å². The minimum Gasteiger partial charge on any atom is -0.446 e. The summed E-state index contributed by atoms with van der Waals surface area (Å²) in [6.07, 6.45) is 4.05. The van der Waals surface area contributed by atoms with Gasteiger partial charge in [0.1, 0.15) is 6.10 Å². The van der Waals surface area contributed by atoms with E-state index in [0.29, 0.717) is 49.4 Å². The Kier molecular flexibility index (Phi) is 20.9. The summed E-state index contributed by atoms with van der Waals surface area (Å²) in [6.45, 7) is 20.0. The molecule has 0 aromatic heterocycles. The van der Waals surface area contributed by atoms with Crippen LogP contribution < -0.4 is 10.6 Å². The molecule has 3 aromatic carbocycles. The molecule has 3 N–H and O–H groups in total. The van der Waals surface area contributed by atoms with E-state index in [0.717, 1.165) is 29.8 Å². The van der Waals surface area contributed by atoms with Gasteiger partial charge in [0, 0.05) is 30.9 Å². The van der Waals surface area contributed by atoms with E-state index >= 15 is 0 Å². The van der Waals surface area contributed by atoms with E-state index in [2.05, 4.69) is 28.7 Å². The summed E-state index contributed by atoms with van der Waals surface area (Å²) < 4.78 is 5.56. The Morgan fingerprint density at radius 3 is 1.98 bits per heavy atom. The molecule has 9 heteroatoms. The first-order valence-corrected chi connectivity index (χ1v) is 16.9. The Labute approximate surface area is 293 Å². The molecule has 0 fully saturated rings. The highest BCUT2D eigenvalue weighted by Crippen LogP contribution is 2.28. The van der Waals surface area contributed by atoms with Gasteiger partial charge in [-0.05, 0) is 69.7 Å². The maximum atomic E-state index is 12.4. The summed E-state index contributed by atoms with van der Waals surface area (Å²) in [5.74, 6) is -0.342. The number of allylic oxidation sites excluding steroid dienone is 1. The zero-order valence-electron chi connectivity index (χ0n) is 30.1. The molecule has 1 atom stereocenters. The zero-order valence-corrected chi connectivity index (χ0v) is 30.1. The van der Waals surface area contributed by atoms with Crippen molar-refractivity contribution in [3.05, 3.63) is 115 Å². The summed E-state index contributed by atoms with van der Waals surface area (Å²) in [5.41, 5.74) is 4.20. The van der Waals surface area contributed by atoms with Gasteiger partial charge in [0.2, 0.25) is 0 Å². The molecule has 1 aliphatic rings. The van der Waals surface area contributed by atoms with Crippen LogP contribution in [0.4, 0.5) is 10.5 Å². The van der Waals surface area contributed by atoms with Crippen molar-refractivity contribution < 1.29 is 19.1 Å². The van der Waals surface area contributed by atoms with Crippen molar-refractivity contribution in [1.29, 1.82) is 5.41 Å². The fourth-order valence-corrected chi connectivity index (χ4v) is 4.53. The van der Waals surface area contributed by atoms with E-state index in [1.807, 2.05) is 96.3 Å². The van der Waals surface area contributed by atoms with Crippen LogP contribution in [0.2, 0.25) is 0 Å². The lowest BCUT2D eigenvalue weighted by atomic mass is 10.0. The molecule has 4 rings (SSSR count). The maximum absolute atomic E-state index is 12.4. The van der Waals surface area contributed by atoms with Crippen LogP contribution in [-0.4, -0.2) is 79.3 Å². The van der Waals surface area contributed by atoms with Crippen molar-refractivity contribution in [3.8, 4) is 11.1 Å². The summed E-state index contributed by atoms with van der Waals surface area (Å²) >= 11 is 0. The summed E-state index contributed by atoms with van der Waals surface area (Å²) in [7, 11) is 1.97. The Morgan fingerprint density at radius 2 is 1.45 bits per heavy atom. The molecule has 0 spiro atoms. The van der Waals surface area contributed by atoms with Crippen LogP contribution in [0.15, 0.2) is 104 Å². The van der Waals surface area contributed by atoms with E-state index in [1.54, 1.807) is 30.3 Å². The number of rotatable bonds is 14. The smallest absolute Gasteiger partial charge is 0.411 e. The van der Waals surface area contributed by atoms with Crippen LogP contribution in [0.3, 0.4) is 0 Å². The molecule has 264 valence electrons. The van der Waals surface area contributed by atoms with Crippen molar-refractivity contribution in [1.82, 2.24) is 15.1 Å². The SMILES string of the molecule is C=CC.C=CC(=N)CNCCC(CC)OC(=O)Nc1ccccc1-c1ccccc1.CC.CCN(C)CCN1C(=O)c2ccccc2C1=O. The number of likely N-dealkylation sites (N-methyl/N-ethyl adjacent to an activating group) is 1. The predicted molar refractivity (Wildman–Crippen MR) is 204 cm³/mol. The highest BCUT2D eigenvalue weighted by molar-refractivity contribution is 6.21. The molecule has 3 amide bonds. The molecule has 0 bridgehead atoms. The lowest BCUT2D eigenvalue weighted by molar-refractivity contribution is 0.0641. The van der Waals surface area contributed by atoms with Crippen molar-refractivity contribution in [2.24, 2.45) is 0 Å². The number of para-hydroxylation sites is 1. The van der Waals surface area contributed by atoms with Gasteiger partial charge in [0.25, 0.3) is 11.8 Å². The van der Waals surface area contributed by atoms with E-state index in [4.69, 9.17) is 10.1 Å². The van der Waals surface area contributed by atoms with Crippen molar-refractivity contribution in [2.45, 2.75) is 53.6 Å². The second-order valence-electron chi connectivity index (χ2n) is 10.8. The number of hydrogen-bond acceptors (Lipinski definition) is 7. The first-order chi connectivity index (χ1) is 23.7. The molecular formula is C40H55N5O4. The molecule has 0 aliphatic carbocycles. The van der Waals surface area contributed by atoms with Crippen molar-refractivity contribution in [2.75, 3.05) is 45.1 Å². The number of carbonyl (C=O) groups is 3. The van der Waals surface area contributed by atoms with Crippen LogP contribution in [0.25, 0.3) is 11.1 Å². The Morgan fingerprint density at radius 1 is 0.918 bits per heavy atom. The number of carbonyl (C=O) groups excluding carboxylic acids is 3. The van der Waals surface area contributed by atoms with Gasteiger partial charge in [0.05, 0.1) is 16.8 Å². The third kappa shape index (κ3) is 14.4. The summed E-state index contributed by atoms with van der Waals surface area (Å²) in [6, 6.07) is 24.6. The van der Waals surface area contributed by atoms with Crippen LogP contribution in [-0.2, 0) is 4.74 Å². The van der Waals surface area contributed by atoms with E-state index < -0.39 is 6.09 Å². The molecule has 1 aliphatic heterocycles. The Balaban J connectivity index is 0.000000465. The van der Waals surface area contributed by atoms with Crippen molar-refractivity contribution >= 4 is 29.3 Å². The average molecular weight is 670 g/mol. The van der Waals surface area contributed by atoms with Crippen LogP contribution in [0, 0.1) is 5.41 Å². The second-order valence-corrected chi connectivity index (χ2v) is 10.8. The topological polar surface area (TPSA) is 115 Å². The van der Waals surface area contributed by atoms with Gasteiger partial charge >= 0.3 is 6.09 Å². The molecule has 0 saturated carbocycles. The fourth-order valence-electron chi connectivity index (χ4n) is 4.53. The molecule has 1 unspecified atom stereocenters. The van der Waals surface area contributed by atoms with Gasteiger partial charge in [-0.3, -0.25) is 19.8 Å². The standard InChI is InChI=1S/C22H27N3O2.C13H16N2O2.C3H6.C2H6/c1-3-18(23)16-24-15-14-19(4-2)27-22(26)25-21-13-9-8-12-20(21)17-10-6-5-7-11-17;1-3-14(2)8-9-15-12(16)10-6-4-5-7-11(10)13(15)17;1-3-2;1-2/h3,5-13,19,23-24H,1,4,14-16H2,2H3,(H,25,26);4-7H,3,8-9H2,1-2H3;3H,1H2,2H3;1-2H3. The van der Waals surface area contributed by atoms with E-state index in [1.165, 1.54) is 11.0 Å². The zero-order chi connectivity index (χ0) is 36.6. The number of benzene rings is 3. The number of nitrogens with one attached hydrogen (secondary N) is 3. The maximum Gasteiger partial charge on any atom is 0.411 e. The van der Waals surface area contributed by atoms with Gasteiger partial charge in [-0.15, -0.1) is 6.58 Å². The van der Waals surface area contributed by atoms with Crippen LogP contribution in [0.1, 0.15) is 68.2 Å². The van der Waals surface area contributed by atoms with Crippen LogP contribution in [0.5, 0.6) is 0 Å². The van der Waals surface area contributed by atoms with E-state index in [9.17, 15) is 14.4 Å². The third-order valence-electron chi connectivity index (χ3n) is 7.31. The number of amides is 3. The summed E-state index contributed by atoms with van der Waals surface area (Å²) in [5, 5.41) is 13.5. The largest absolute Gasteiger partial charge is 0.446 e. The first-order valence-electron chi connectivity index (χ1n) is 16.9. The molecule has 0 saturated heterocycles. The monoisotopic (exact) mass is 669 g/mol. The highest BCUT2D eigenvalue weighted by Gasteiger charge is 2.34. The highest BCUT2D eigenvalue weighted by atomic mass is 16.6. The van der Waals surface area contributed by atoms with E-state index in [-0.39, 0.29) is 17.9 Å². The number of fused-ring (bicyclic) bond motifs is 1. The van der Waals surface area contributed by atoms with Gasteiger partial charge in [-0.2, -0.15) is 0 Å². The minimum absolute atomic E-state index is 0.171. The van der Waals surface area contributed by atoms with Crippen molar-refractivity contribution in [3.63, 3.8) is 0 Å². The first kappa shape index (κ1) is 42.2. The number of ether oxygens (including phenoxy) is 1. The Hall–Kier alpha value is -4.86. The average Bonchev–Trinajstić information content (AvgIpc) is 3.38. The van der Waals surface area contributed by atoms with Gasteiger partial charge < -0.3 is 20.4 Å². The normalized spacial score (nSPS) is 11.8. The lowest BCUT2D eigenvalue weighted by Crippen LogP contribution is -2.36. The lowest BCUT2D eigenvalue weighted by Gasteiger charge is -2.18. The van der Waals surface area contributed by atoms with Crippen LogP contribution >= 0.6 is 0 Å². The number of imide groups is 1. The minimum atomic E-state index is -0.455. The Bertz CT molecular complexity index is 1440. The molecule has 49 heavy (non-hydrogen) atoms. The fraction of sp³-hybridized carbons (Fsp3) is 0.350. The second kappa shape index (κ2) is 24.3. The van der Waals surface area contributed by atoms with Gasteiger partial charge in [-0.1, -0.05) is 101 Å². The quantitative estimate of drug-likeness (QED) is 0.0688. The number of nitrogens with zero attached hydrogens (tertiary/aromatic N) is 2. The number of anilines is 1. The summed E-state index contributed by atoms with van der Waals surface area (Å²) in [4.78, 5) is 39.7. The molecule has 3 aromatic rings. The molecule has 9 nitrogen and oxygen atoms in total.